The predicted octanol–water partition coefficient (Wildman–Crippen LogP) is 2.50. The summed E-state index contributed by atoms with van der Waals surface area (Å²) in [4.78, 5) is 17.0. The van der Waals surface area contributed by atoms with Crippen molar-refractivity contribution in [3.8, 4) is 0 Å². The highest BCUT2D eigenvalue weighted by molar-refractivity contribution is 5.85. The SMILES string of the molecule is Cc1cc(CN2CCN(C(=O)CC(C)C3CCNCC3)CC2)on1.Cl.Cl. The normalized spacial score (nSPS) is 20.2. The highest BCUT2D eigenvalue weighted by atomic mass is 35.5. The van der Waals surface area contributed by atoms with Crippen molar-refractivity contribution < 1.29 is 9.32 Å². The van der Waals surface area contributed by atoms with Gasteiger partial charge in [0, 0.05) is 38.7 Å². The van der Waals surface area contributed by atoms with Gasteiger partial charge in [-0.15, -0.1) is 24.8 Å². The minimum absolute atomic E-state index is 0. The van der Waals surface area contributed by atoms with Crippen molar-refractivity contribution in [2.24, 2.45) is 11.8 Å². The third-order valence-electron chi connectivity index (χ3n) is 5.47. The third-order valence-corrected chi connectivity index (χ3v) is 5.47. The predicted molar refractivity (Wildman–Crippen MR) is 107 cm³/mol. The molecule has 3 rings (SSSR count). The largest absolute Gasteiger partial charge is 0.360 e. The monoisotopic (exact) mass is 406 g/mol. The first-order valence-corrected chi connectivity index (χ1v) is 9.25. The molecule has 6 nitrogen and oxygen atoms in total. The molecule has 0 spiro atoms. The van der Waals surface area contributed by atoms with E-state index in [1.807, 2.05) is 17.9 Å². The zero-order chi connectivity index (χ0) is 16.9. The van der Waals surface area contributed by atoms with Gasteiger partial charge in [0.15, 0.2) is 5.76 Å². The van der Waals surface area contributed by atoms with Crippen LogP contribution in [-0.4, -0.2) is 60.1 Å². The zero-order valence-electron chi connectivity index (χ0n) is 15.8. The van der Waals surface area contributed by atoms with Gasteiger partial charge in [-0.25, -0.2) is 0 Å². The molecule has 1 aromatic heterocycles. The minimum Gasteiger partial charge on any atom is -0.360 e. The molecule has 2 saturated heterocycles. The fourth-order valence-electron chi connectivity index (χ4n) is 3.85. The molecule has 0 radical (unpaired) electrons. The van der Waals surface area contributed by atoms with Crippen molar-refractivity contribution in [1.82, 2.24) is 20.3 Å². The van der Waals surface area contributed by atoms with Crippen LogP contribution in [-0.2, 0) is 11.3 Å². The van der Waals surface area contributed by atoms with Crippen LogP contribution in [0.15, 0.2) is 10.6 Å². The van der Waals surface area contributed by atoms with Gasteiger partial charge in [0.25, 0.3) is 0 Å². The van der Waals surface area contributed by atoms with Crippen molar-refractivity contribution in [2.45, 2.75) is 39.7 Å². The van der Waals surface area contributed by atoms with Crippen LogP contribution in [0.2, 0.25) is 0 Å². The van der Waals surface area contributed by atoms with Crippen LogP contribution >= 0.6 is 24.8 Å². The van der Waals surface area contributed by atoms with Gasteiger partial charge >= 0.3 is 0 Å². The number of nitrogens with zero attached hydrogens (tertiary/aromatic N) is 3. The third kappa shape index (κ3) is 6.41. The van der Waals surface area contributed by atoms with Crippen molar-refractivity contribution in [3.63, 3.8) is 0 Å². The summed E-state index contributed by atoms with van der Waals surface area (Å²) in [6.45, 7) is 10.6. The molecule has 0 saturated carbocycles. The maximum Gasteiger partial charge on any atom is 0.222 e. The van der Waals surface area contributed by atoms with Crippen molar-refractivity contribution >= 4 is 30.7 Å². The first kappa shape index (κ1) is 23.2. The number of aromatic nitrogens is 1. The summed E-state index contributed by atoms with van der Waals surface area (Å²) >= 11 is 0. The molecule has 1 amide bonds. The summed E-state index contributed by atoms with van der Waals surface area (Å²) in [6.07, 6.45) is 3.11. The maximum atomic E-state index is 12.6. The smallest absolute Gasteiger partial charge is 0.222 e. The maximum absolute atomic E-state index is 12.6. The molecule has 8 heteroatoms. The number of carbonyl (C=O) groups excluding carboxylic acids is 1. The van der Waals surface area contributed by atoms with E-state index < -0.39 is 0 Å². The van der Waals surface area contributed by atoms with Crippen LogP contribution in [0.25, 0.3) is 0 Å². The number of nitrogens with one attached hydrogen (secondary N) is 1. The van der Waals surface area contributed by atoms with E-state index in [9.17, 15) is 4.79 Å². The summed E-state index contributed by atoms with van der Waals surface area (Å²) in [6, 6.07) is 1.98. The first-order chi connectivity index (χ1) is 11.6. The average molecular weight is 407 g/mol. The van der Waals surface area contributed by atoms with Crippen molar-refractivity contribution in [3.05, 3.63) is 17.5 Å². The number of rotatable bonds is 5. The lowest BCUT2D eigenvalue weighted by Gasteiger charge is -2.35. The Morgan fingerprint density at radius 2 is 1.92 bits per heavy atom. The van der Waals surface area contributed by atoms with E-state index >= 15 is 0 Å². The van der Waals surface area contributed by atoms with Gasteiger partial charge in [-0.2, -0.15) is 0 Å². The molecule has 0 bridgehead atoms. The van der Waals surface area contributed by atoms with E-state index in [-0.39, 0.29) is 24.8 Å². The molecule has 2 aliphatic heterocycles. The Labute approximate surface area is 168 Å². The molecule has 3 heterocycles. The molecular weight excluding hydrogens is 375 g/mol. The zero-order valence-corrected chi connectivity index (χ0v) is 17.4. The first-order valence-electron chi connectivity index (χ1n) is 9.25. The Kier molecular flexibility index (Phi) is 9.93. The quantitative estimate of drug-likeness (QED) is 0.813. The second kappa shape index (κ2) is 11.1. The van der Waals surface area contributed by atoms with Crippen LogP contribution in [0, 0.1) is 18.8 Å². The number of carbonyl (C=O) groups is 1. The van der Waals surface area contributed by atoms with Gasteiger partial charge in [-0.3, -0.25) is 9.69 Å². The van der Waals surface area contributed by atoms with Crippen LogP contribution in [0.5, 0.6) is 0 Å². The van der Waals surface area contributed by atoms with Gasteiger partial charge in [-0.1, -0.05) is 12.1 Å². The Balaban J connectivity index is 0.00000169. The van der Waals surface area contributed by atoms with E-state index in [4.69, 9.17) is 4.52 Å². The molecular formula is C18H32Cl2N4O2. The molecule has 0 aliphatic carbocycles. The molecule has 1 unspecified atom stereocenters. The summed E-state index contributed by atoms with van der Waals surface area (Å²) in [5.74, 6) is 2.43. The lowest BCUT2D eigenvalue weighted by Crippen LogP contribution is -2.48. The Bertz CT molecular complexity index is 541. The van der Waals surface area contributed by atoms with Gasteiger partial charge in [0.1, 0.15) is 0 Å². The Morgan fingerprint density at radius 1 is 1.27 bits per heavy atom. The highest BCUT2D eigenvalue weighted by Gasteiger charge is 2.26. The summed E-state index contributed by atoms with van der Waals surface area (Å²) in [5.41, 5.74) is 0.922. The van der Waals surface area contributed by atoms with E-state index in [0.717, 1.165) is 57.3 Å². The second-order valence-electron chi connectivity index (χ2n) is 7.36. The summed E-state index contributed by atoms with van der Waals surface area (Å²) < 4.78 is 5.28. The summed E-state index contributed by atoms with van der Waals surface area (Å²) in [7, 11) is 0. The van der Waals surface area contributed by atoms with E-state index in [0.29, 0.717) is 24.2 Å². The molecule has 0 aromatic carbocycles. The molecule has 2 fully saturated rings. The van der Waals surface area contributed by atoms with Crippen LogP contribution in [0.1, 0.15) is 37.6 Å². The number of aryl methyl sites for hydroxylation is 1. The second-order valence-corrected chi connectivity index (χ2v) is 7.36. The molecule has 150 valence electrons. The standard InChI is InChI=1S/C18H30N4O2.2ClH/c1-14(16-3-5-19-6-4-16)11-18(23)22-9-7-21(8-10-22)13-17-12-15(2)20-24-17;;/h12,14,16,19H,3-11,13H2,1-2H3;2*1H. The minimum atomic E-state index is 0. The number of piperidine rings is 1. The Morgan fingerprint density at radius 3 is 2.50 bits per heavy atom. The van der Waals surface area contributed by atoms with Gasteiger partial charge in [-0.05, 0) is 44.7 Å². The van der Waals surface area contributed by atoms with Crippen LogP contribution in [0.4, 0.5) is 0 Å². The molecule has 1 N–H and O–H groups in total. The number of hydrogen-bond donors (Lipinski definition) is 1. The number of halogens is 2. The van der Waals surface area contributed by atoms with E-state index in [1.165, 1.54) is 12.8 Å². The number of hydrogen-bond acceptors (Lipinski definition) is 5. The average Bonchev–Trinajstić information content (AvgIpc) is 3.01. The fourth-order valence-corrected chi connectivity index (χ4v) is 3.85. The molecule has 1 aromatic rings. The van der Waals surface area contributed by atoms with Gasteiger partial charge in [0.05, 0.1) is 12.2 Å². The topological polar surface area (TPSA) is 61.6 Å². The lowest BCUT2D eigenvalue weighted by molar-refractivity contribution is -0.134. The van der Waals surface area contributed by atoms with Gasteiger partial charge < -0.3 is 14.7 Å². The molecule has 2 aliphatic rings. The van der Waals surface area contributed by atoms with Gasteiger partial charge in [0.2, 0.25) is 5.91 Å². The molecule has 1 atom stereocenters. The highest BCUT2D eigenvalue weighted by Crippen LogP contribution is 2.25. The van der Waals surface area contributed by atoms with E-state index in [1.54, 1.807) is 0 Å². The number of amides is 1. The van der Waals surface area contributed by atoms with Crippen molar-refractivity contribution in [2.75, 3.05) is 39.3 Å². The van der Waals surface area contributed by atoms with E-state index in [2.05, 4.69) is 22.3 Å². The number of piperazine rings is 1. The van der Waals surface area contributed by atoms with Crippen LogP contribution in [0.3, 0.4) is 0 Å². The summed E-state index contributed by atoms with van der Waals surface area (Å²) in [5, 5.41) is 7.33. The van der Waals surface area contributed by atoms with Crippen molar-refractivity contribution in [1.29, 1.82) is 0 Å². The van der Waals surface area contributed by atoms with Crippen LogP contribution < -0.4 is 5.32 Å². The fraction of sp³-hybridized carbons (Fsp3) is 0.778. The lowest BCUT2D eigenvalue weighted by atomic mass is 9.84. The Hall–Kier alpha value is -0.820. The molecule has 26 heavy (non-hydrogen) atoms.